The Morgan fingerprint density at radius 3 is 2.46 bits per heavy atom. The maximum atomic E-state index is 9.11. The first kappa shape index (κ1) is 19.6. The number of halogens is 1. The van der Waals surface area contributed by atoms with Crippen molar-refractivity contribution in [3.63, 3.8) is 0 Å². The van der Waals surface area contributed by atoms with Crippen molar-refractivity contribution in [1.82, 2.24) is 19.9 Å². The second-order valence-corrected chi connectivity index (χ2v) is 6.95. The van der Waals surface area contributed by atoms with Gasteiger partial charge in [0.1, 0.15) is 0 Å². The molecule has 24 heavy (non-hydrogen) atoms. The number of aryl methyl sites for hydroxylation is 1. The highest BCUT2D eigenvalue weighted by Crippen LogP contribution is 2.43. The first-order chi connectivity index (χ1) is 11.2. The van der Waals surface area contributed by atoms with Crippen molar-refractivity contribution in [3.8, 4) is 0 Å². The van der Waals surface area contributed by atoms with E-state index in [2.05, 4.69) is 19.9 Å². The zero-order valence-corrected chi connectivity index (χ0v) is 15.2. The molecule has 2 saturated heterocycles. The maximum absolute atomic E-state index is 9.11. The van der Waals surface area contributed by atoms with Gasteiger partial charge in [-0.2, -0.15) is 4.98 Å². The molecule has 138 valence electrons. The number of hydrogen-bond acceptors (Lipinski definition) is 7. The zero-order chi connectivity index (χ0) is 16.3. The number of aliphatic hydroxyl groups excluding tert-OH is 2. The van der Waals surface area contributed by atoms with Gasteiger partial charge in [-0.3, -0.25) is 0 Å². The van der Waals surface area contributed by atoms with Crippen molar-refractivity contribution in [2.45, 2.75) is 31.6 Å². The highest BCUT2D eigenvalue weighted by molar-refractivity contribution is 5.85. The third-order valence-corrected chi connectivity index (χ3v) is 5.28. The summed E-state index contributed by atoms with van der Waals surface area (Å²) in [6.45, 7) is 8.08. The fourth-order valence-electron chi connectivity index (χ4n) is 4.20. The molecule has 0 aliphatic carbocycles. The molecular weight excluding hydrogens is 332 g/mol. The molecule has 0 bridgehead atoms. The summed E-state index contributed by atoms with van der Waals surface area (Å²) in [5.41, 5.74) is -0.107. The quantitative estimate of drug-likeness (QED) is 0.729. The van der Waals surface area contributed by atoms with Gasteiger partial charge in [0.05, 0.1) is 5.41 Å². The van der Waals surface area contributed by atoms with Crippen LogP contribution in [-0.4, -0.2) is 82.6 Å². The number of fused-ring (bicyclic) bond motifs is 1. The normalized spacial score (nSPS) is 27.9. The van der Waals surface area contributed by atoms with Crippen LogP contribution in [0.2, 0.25) is 0 Å². The van der Waals surface area contributed by atoms with Crippen LogP contribution in [-0.2, 0) is 5.41 Å². The third kappa shape index (κ3) is 3.91. The van der Waals surface area contributed by atoms with Crippen LogP contribution in [0.5, 0.6) is 0 Å². The molecule has 0 aromatic carbocycles. The lowest BCUT2D eigenvalue weighted by atomic mass is 9.73. The molecule has 1 aromatic rings. The number of rotatable bonds is 7. The van der Waals surface area contributed by atoms with Crippen molar-refractivity contribution in [3.05, 3.63) is 11.7 Å². The van der Waals surface area contributed by atoms with Gasteiger partial charge >= 0.3 is 0 Å². The van der Waals surface area contributed by atoms with Crippen LogP contribution in [0.1, 0.15) is 31.0 Å². The van der Waals surface area contributed by atoms with Crippen LogP contribution in [0.3, 0.4) is 0 Å². The van der Waals surface area contributed by atoms with Gasteiger partial charge < -0.3 is 24.5 Å². The Kier molecular flexibility index (Phi) is 7.00. The van der Waals surface area contributed by atoms with Crippen molar-refractivity contribution >= 4 is 12.4 Å². The van der Waals surface area contributed by atoms with Crippen LogP contribution in [0.15, 0.2) is 4.52 Å². The van der Waals surface area contributed by atoms with E-state index in [-0.39, 0.29) is 31.0 Å². The summed E-state index contributed by atoms with van der Waals surface area (Å²) in [5, 5.41) is 22.2. The van der Waals surface area contributed by atoms with E-state index in [0.29, 0.717) is 11.7 Å². The van der Waals surface area contributed by atoms with Gasteiger partial charge in [0, 0.05) is 45.9 Å². The predicted octanol–water partition coefficient (Wildman–Crippen LogP) is 0.440. The summed E-state index contributed by atoms with van der Waals surface area (Å²) >= 11 is 0. The van der Waals surface area contributed by atoms with Crippen LogP contribution in [0.4, 0.5) is 0 Å². The average molecular weight is 361 g/mol. The monoisotopic (exact) mass is 360 g/mol. The zero-order valence-electron chi connectivity index (χ0n) is 14.4. The molecule has 2 fully saturated rings. The number of hydrogen-bond donors (Lipinski definition) is 2. The van der Waals surface area contributed by atoms with E-state index in [0.717, 1.165) is 64.4 Å². The van der Waals surface area contributed by atoms with Gasteiger partial charge in [-0.25, -0.2) is 0 Å². The molecule has 0 unspecified atom stereocenters. The molecule has 2 atom stereocenters. The molecule has 0 radical (unpaired) electrons. The van der Waals surface area contributed by atoms with E-state index >= 15 is 0 Å². The summed E-state index contributed by atoms with van der Waals surface area (Å²) < 4.78 is 5.60. The van der Waals surface area contributed by atoms with Crippen LogP contribution >= 0.6 is 12.4 Å². The van der Waals surface area contributed by atoms with Crippen molar-refractivity contribution < 1.29 is 14.7 Å². The standard InChI is InChI=1S/C16H28N4O3.ClH/c1-13-17-15(23-18-13)16-11-19(5-2-8-21)7-4-14(16)10-20(12-16)6-3-9-22;/h14,21-22H,2-12H2,1H3;1H/t14-,16-;/m0./s1. The van der Waals surface area contributed by atoms with Gasteiger partial charge in [0.15, 0.2) is 5.82 Å². The Hall–Kier alpha value is -0.730. The average Bonchev–Trinajstić information content (AvgIpc) is 3.14. The molecule has 0 spiro atoms. The first-order valence-corrected chi connectivity index (χ1v) is 8.65. The van der Waals surface area contributed by atoms with Crippen LogP contribution in [0.25, 0.3) is 0 Å². The van der Waals surface area contributed by atoms with Gasteiger partial charge in [0.25, 0.3) is 0 Å². The Morgan fingerprint density at radius 1 is 1.17 bits per heavy atom. The summed E-state index contributed by atoms with van der Waals surface area (Å²) in [6, 6.07) is 0. The minimum Gasteiger partial charge on any atom is -0.396 e. The van der Waals surface area contributed by atoms with E-state index < -0.39 is 0 Å². The van der Waals surface area contributed by atoms with Crippen molar-refractivity contribution in [2.75, 3.05) is 52.5 Å². The Balaban J connectivity index is 0.00000208. The molecule has 0 saturated carbocycles. The Bertz CT molecular complexity index is 509. The van der Waals surface area contributed by atoms with Gasteiger partial charge in [-0.1, -0.05) is 5.16 Å². The first-order valence-electron chi connectivity index (χ1n) is 8.65. The molecule has 0 amide bonds. The predicted molar refractivity (Wildman–Crippen MR) is 92.4 cm³/mol. The minimum atomic E-state index is -0.107. The van der Waals surface area contributed by atoms with Gasteiger partial charge in [-0.05, 0) is 38.6 Å². The minimum absolute atomic E-state index is 0. The highest BCUT2D eigenvalue weighted by Gasteiger charge is 2.53. The molecular formula is C16H29ClN4O3. The largest absolute Gasteiger partial charge is 0.396 e. The fraction of sp³-hybridized carbons (Fsp3) is 0.875. The molecule has 7 nitrogen and oxygen atoms in total. The van der Waals surface area contributed by atoms with E-state index in [1.165, 1.54) is 0 Å². The number of aromatic nitrogens is 2. The maximum Gasteiger partial charge on any atom is 0.235 e. The summed E-state index contributed by atoms with van der Waals surface area (Å²) in [6.07, 6.45) is 2.72. The van der Waals surface area contributed by atoms with E-state index in [4.69, 9.17) is 14.7 Å². The van der Waals surface area contributed by atoms with Crippen molar-refractivity contribution in [1.29, 1.82) is 0 Å². The number of piperidine rings is 1. The molecule has 8 heteroatoms. The van der Waals surface area contributed by atoms with E-state index in [1.54, 1.807) is 0 Å². The van der Waals surface area contributed by atoms with Gasteiger partial charge in [-0.15, -0.1) is 12.4 Å². The molecule has 1 aromatic heterocycles. The van der Waals surface area contributed by atoms with Crippen molar-refractivity contribution in [2.24, 2.45) is 5.92 Å². The second-order valence-electron chi connectivity index (χ2n) is 6.95. The lowest BCUT2D eigenvalue weighted by Crippen LogP contribution is -2.52. The Morgan fingerprint density at radius 2 is 1.83 bits per heavy atom. The van der Waals surface area contributed by atoms with E-state index in [9.17, 15) is 0 Å². The molecule has 3 rings (SSSR count). The second kappa shape index (κ2) is 8.58. The molecule has 2 aliphatic heterocycles. The smallest absolute Gasteiger partial charge is 0.235 e. The lowest BCUT2D eigenvalue weighted by Gasteiger charge is -2.41. The molecule has 2 N–H and O–H groups in total. The van der Waals surface area contributed by atoms with Crippen LogP contribution < -0.4 is 0 Å². The summed E-state index contributed by atoms with van der Waals surface area (Å²) in [7, 11) is 0. The fourth-order valence-corrected chi connectivity index (χ4v) is 4.20. The topological polar surface area (TPSA) is 85.9 Å². The summed E-state index contributed by atoms with van der Waals surface area (Å²) in [4.78, 5) is 9.41. The molecule has 3 heterocycles. The SMILES string of the molecule is Cc1noc([C@]23CN(CCCO)CC[C@H]2CN(CCCO)C3)n1.Cl. The van der Waals surface area contributed by atoms with E-state index in [1.807, 2.05) is 6.92 Å². The summed E-state index contributed by atoms with van der Waals surface area (Å²) in [5.74, 6) is 1.97. The lowest BCUT2D eigenvalue weighted by molar-refractivity contribution is 0.0874. The van der Waals surface area contributed by atoms with Crippen LogP contribution in [0, 0.1) is 12.8 Å². The number of likely N-dealkylation sites (tertiary alicyclic amines) is 2. The number of aliphatic hydroxyl groups is 2. The molecule has 2 aliphatic rings. The highest BCUT2D eigenvalue weighted by atomic mass is 35.5. The number of nitrogens with zero attached hydrogens (tertiary/aromatic N) is 4. The third-order valence-electron chi connectivity index (χ3n) is 5.28. The van der Waals surface area contributed by atoms with Gasteiger partial charge in [0.2, 0.25) is 5.89 Å². The Labute approximate surface area is 149 Å².